The highest BCUT2D eigenvalue weighted by atomic mass is 16.7. The summed E-state index contributed by atoms with van der Waals surface area (Å²) < 4.78 is 2.10. The van der Waals surface area contributed by atoms with Gasteiger partial charge in [-0.2, -0.15) is 0 Å². The van der Waals surface area contributed by atoms with Crippen LogP contribution in [0.2, 0.25) is 0 Å². The van der Waals surface area contributed by atoms with E-state index in [0.717, 1.165) is 31.0 Å². The largest absolute Gasteiger partial charge is 0.303 e. The summed E-state index contributed by atoms with van der Waals surface area (Å²) in [6, 6.07) is 5.98. The van der Waals surface area contributed by atoms with Gasteiger partial charge >= 0.3 is 0 Å². The van der Waals surface area contributed by atoms with Crippen molar-refractivity contribution in [3.05, 3.63) is 36.3 Å². The van der Waals surface area contributed by atoms with Gasteiger partial charge in [-0.1, -0.05) is 6.07 Å². The molecule has 2 fully saturated rings. The van der Waals surface area contributed by atoms with E-state index in [9.17, 15) is 4.79 Å². The van der Waals surface area contributed by atoms with Gasteiger partial charge in [-0.3, -0.25) is 14.5 Å². The van der Waals surface area contributed by atoms with Gasteiger partial charge in [0, 0.05) is 32.9 Å². The first-order chi connectivity index (χ1) is 9.65. The molecule has 1 amide bonds. The lowest BCUT2D eigenvalue weighted by atomic mass is 9.91. The van der Waals surface area contributed by atoms with Crippen LogP contribution in [0.25, 0.3) is 5.65 Å². The third-order valence-electron chi connectivity index (χ3n) is 4.06. The minimum atomic E-state index is -0.285. The summed E-state index contributed by atoms with van der Waals surface area (Å²) >= 11 is 0. The molecule has 4 heterocycles. The molecule has 104 valence electrons. The van der Waals surface area contributed by atoms with Crippen LogP contribution in [0, 0.1) is 0 Å². The number of carbonyl (C=O) groups is 1. The van der Waals surface area contributed by atoms with E-state index in [2.05, 4.69) is 14.3 Å². The minimum absolute atomic E-state index is 0.0689. The minimum Gasteiger partial charge on any atom is -0.303 e. The standard InChI is InChI=1S/C14H16N4O2/c1-16-13(19)6-14(20-16)9-17(10-14)8-11-7-15-12-4-2-3-5-18(11)12/h2-5,7H,6,8-10H2,1H3. The third kappa shape index (κ3) is 1.72. The fourth-order valence-electron chi connectivity index (χ4n) is 3.14. The molecule has 0 bridgehead atoms. The first-order valence-electron chi connectivity index (χ1n) is 6.74. The van der Waals surface area contributed by atoms with Crippen LogP contribution in [-0.2, 0) is 16.2 Å². The number of likely N-dealkylation sites (tertiary alicyclic amines) is 1. The second-order valence-electron chi connectivity index (χ2n) is 5.67. The molecule has 0 radical (unpaired) electrons. The van der Waals surface area contributed by atoms with Crippen LogP contribution >= 0.6 is 0 Å². The van der Waals surface area contributed by atoms with E-state index < -0.39 is 0 Å². The summed E-state index contributed by atoms with van der Waals surface area (Å²) in [5.41, 5.74) is 1.84. The van der Waals surface area contributed by atoms with Crippen LogP contribution in [0.3, 0.4) is 0 Å². The highest BCUT2D eigenvalue weighted by molar-refractivity contribution is 5.78. The summed E-state index contributed by atoms with van der Waals surface area (Å²) in [7, 11) is 1.68. The summed E-state index contributed by atoms with van der Waals surface area (Å²) in [6.45, 7) is 2.42. The predicted molar refractivity (Wildman–Crippen MR) is 71.7 cm³/mol. The number of hydroxylamine groups is 2. The van der Waals surface area contributed by atoms with Crippen molar-refractivity contribution in [3.8, 4) is 0 Å². The zero-order valence-electron chi connectivity index (χ0n) is 11.3. The predicted octanol–water partition coefficient (Wildman–Crippen LogP) is 0.682. The van der Waals surface area contributed by atoms with Crippen molar-refractivity contribution < 1.29 is 9.63 Å². The number of hydrogen-bond acceptors (Lipinski definition) is 4. The number of imidazole rings is 1. The molecule has 1 spiro atoms. The molecule has 0 unspecified atom stereocenters. The molecule has 2 aromatic heterocycles. The molecule has 2 aromatic rings. The lowest BCUT2D eigenvalue weighted by molar-refractivity contribution is -0.228. The zero-order chi connectivity index (χ0) is 13.7. The number of carbonyl (C=O) groups excluding carboxylic acids is 1. The van der Waals surface area contributed by atoms with Crippen molar-refractivity contribution in [1.82, 2.24) is 19.3 Å². The summed E-state index contributed by atoms with van der Waals surface area (Å²) in [4.78, 5) is 23.9. The van der Waals surface area contributed by atoms with Gasteiger partial charge in [0.1, 0.15) is 11.2 Å². The third-order valence-corrected chi connectivity index (χ3v) is 4.06. The Bertz CT molecular complexity index is 675. The Hall–Kier alpha value is -1.92. The molecular weight excluding hydrogens is 256 g/mol. The highest BCUT2D eigenvalue weighted by Crippen LogP contribution is 2.35. The number of rotatable bonds is 2. The molecule has 2 aliphatic heterocycles. The van der Waals surface area contributed by atoms with Crippen LogP contribution < -0.4 is 0 Å². The SMILES string of the molecule is CN1OC2(CC1=O)CN(Cc1cnc3ccccn13)C2. The lowest BCUT2D eigenvalue weighted by Crippen LogP contribution is -2.61. The van der Waals surface area contributed by atoms with Crippen molar-refractivity contribution in [2.24, 2.45) is 0 Å². The van der Waals surface area contributed by atoms with Crippen molar-refractivity contribution in [3.63, 3.8) is 0 Å². The van der Waals surface area contributed by atoms with Crippen LogP contribution in [0.4, 0.5) is 0 Å². The fraction of sp³-hybridized carbons (Fsp3) is 0.429. The Morgan fingerprint density at radius 1 is 1.40 bits per heavy atom. The van der Waals surface area contributed by atoms with Crippen LogP contribution in [0.1, 0.15) is 12.1 Å². The first kappa shape index (κ1) is 11.9. The summed E-state index contributed by atoms with van der Waals surface area (Å²) in [5, 5.41) is 1.37. The molecular formula is C14H16N4O2. The normalized spacial score (nSPS) is 21.9. The Morgan fingerprint density at radius 2 is 2.25 bits per heavy atom. The molecule has 0 saturated carbocycles. The number of amides is 1. The highest BCUT2D eigenvalue weighted by Gasteiger charge is 2.52. The number of nitrogens with zero attached hydrogens (tertiary/aromatic N) is 4. The van der Waals surface area contributed by atoms with Crippen LogP contribution in [0.15, 0.2) is 30.6 Å². The molecule has 6 heteroatoms. The van der Waals surface area contributed by atoms with Gasteiger partial charge in [-0.05, 0) is 12.1 Å². The van der Waals surface area contributed by atoms with Gasteiger partial charge in [-0.25, -0.2) is 10.0 Å². The molecule has 0 atom stereocenters. The molecule has 0 aliphatic carbocycles. The van der Waals surface area contributed by atoms with E-state index in [-0.39, 0.29) is 11.5 Å². The topological polar surface area (TPSA) is 50.1 Å². The smallest absolute Gasteiger partial charge is 0.248 e. The van der Waals surface area contributed by atoms with Gasteiger partial charge in [-0.15, -0.1) is 0 Å². The quantitative estimate of drug-likeness (QED) is 0.807. The van der Waals surface area contributed by atoms with Gasteiger partial charge in [0.05, 0.1) is 18.3 Å². The van der Waals surface area contributed by atoms with Crippen molar-refractivity contribution >= 4 is 11.6 Å². The van der Waals surface area contributed by atoms with Gasteiger partial charge < -0.3 is 4.40 Å². The number of hydrogen-bond donors (Lipinski definition) is 0. The molecule has 0 N–H and O–H groups in total. The molecule has 20 heavy (non-hydrogen) atoms. The van der Waals surface area contributed by atoms with Crippen LogP contribution in [-0.4, -0.2) is 51.0 Å². The second-order valence-corrected chi connectivity index (χ2v) is 5.67. The van der Waals surface area contributed by atoms with Gasteiger partial charge in [0.2, 0.25) is 5.91 Å². The van der Waals surface area contributed by atoms with E-state index in [1.807, 2.05) is 30.6 Å². The van der Waals surface area contributed by atoms with E-state index >= 15 is 0 Å². The van der Waals surface area contributed by atoms with E-state index in [1.165, 1.54) is 5.06 Å². The zero-order valence-corrected chi connectivity index (χ0v) is 11.3. The summed E-state index contributed by atoms with van der Waals surface area (Å²) in [5.74, 6) is 0.0689. The second kappa shape index (κ2) is 4.04. The molecule has 0 aromatic carbocycles. The Kier molecular flexibility index (Phi) is 2.40. The molecule has 4 rings (SSSR count). The van der Waals surface area contributed by atoms with E-state index in [4.69, 9.17) is 4.84 Å². The Balaban J connectivity index is 1.46. The van der Waals surface area contributed by atoms with Crippen LogP contribution in [0.5, 0.6) is 0 Å². The average Bonchev–Trinajstić information content (AvgIpc) is 2.92. The van der Waals surface area contributed by atoms with E-state index in [1.54, 1.807) is 7.05 Å². The number of fused-ring (bicyclic) bond motifs is 1. The maximum absolute atomic E-state index is 11.5. The Labute approximate surface area is 116 Å². The van der Waals surface area contributed by atoms with Crippen molar-refractivity contribution in [2.75, 3.05) is 20.1 Å². The first-order valence-corrected chi connectivity index (χ1v) is 6.74. The maximum atomic E-state index is 11.5. The monoisotopic (exact) mass is 272 g/mol. The molecule has 2 saturated heterocycles. The Morgan fingerprint density at radius 3 is 3.00 bits per heavy atom. The number of pyridine rings is 1. The lowest BCUT2D eigenvalue weighted by Gasteiger charge is -2.45. The fourth-order valence-corrected chi connectivity index (χ4v) is 3.14. The van der Waals surface area contributed by atoms with Crippen molar-refractivity contribution in [1.29, 1.82) is 0 Å². The van der Waals surface area contributed by atoms with Gasteiger partial charge in [0.15, 0.2) is 0 Å². The van der Waals surface area contributed by atoms with Crippen molar-refractivity contribution in [2.45, 2.75) is 18.6 Å². The average molecular weight is 272 g/mol. The summed E-state index contributed by atoms with van der Waals surface area (Å²) in [6.07, 6.45) is 4.43. The maximum Gasteiger partial charge on any atom is 0.248 e. The number of aromatic nitrogens is 2. The van der Waals surface area contributed by atoms with E-state index in [0.29, 0.717) is 6.42 Å². The molecule has 2 aliphatic rings. The molecule has 6 nitrogen and oxygen atoms in total. The van der Waals surface area contributed by atoms with Gasteiger partial charge in [0.25, 0.3) is 0 Å².